The first-order chi connectivity index (χ1) is 7.31. The molecule has 1 unspecified atom stereocenters. The zero-order chi connectivity index (χ0) is 12.8. The summed E-state index contributed by atoms with van der Waals surface area (Å²) in [6, 6.07) is 0. The summed E-state index contributed by atoms with van der Waals surface area (Å²) in [5, 5.41) is 0. The van der Waals surface area contributed by atoms with Gasteiger partial charge in [-0.1, -0.05) is 13.3 Å². The van der Waals surface area contributed by atoms with Gasteiger partial charge < -0.3 is 10.5 Å². The number of carbonyl (C=O) groups excluding carboxylic acids is 1. The molecule has 1 atom stereocenters. The number of alkyl halides is 3. The highest BCUT2D eigenvalue weighted by Gasteiger charge is 2.47. The molecule has 0 aromatic rings. The smallest absolute Gasteiger partial charge is 0.390 e. The Hall–Kier alpha value is -0.780. The molecule has 0 amide bonds. The van der Waals surface area contributed by atoms with Crippen LogP contribution in [0.1, 0.15) is 33.1 Å². The summed E-state index contributed by atoms with van der Waals surface area (Å²) in [6.45, 7) is 2.97. The highest BCUT2D eigenvalue weighted by Crippen LogP contribution is 2.37. The number of ether oxygens (including phenoxy) is 1. The van der Waals surface area contributed by atoms with E-state index >= 15 is 0 Å². The second kappa shape index (κ2) is 6.08. The molecule has 2 N–H and O–H groups in total. The van der Waals surface area contributed by atoms with E-state index in [0.29, 0.717) is 6.42 Å². The molecule has 16 heavy (non-hydrogen) atoms. The number of hydrogen-bond donors (Lipinski definition) is 1. The molecule has 0 aliphatic rings. The Balaban J connectivity index is 4.91. The van der Waals surface area contributed by atoms with Crippen molar-refractivity contribution in [3.8, 4) is 0 Å². The predicted molar refractivity (Wildman–Crippen MR) is 53.7 cm³/mol. The van der Waals surface area contributed by atoms with Crippen LogP contribution in [0.15, 0.2) is 0 Å². The Bertz CT molecular complexity index is 231. The van der Waals surface area contributed by atoms with Crippen LogP contribution in [0.25, 0.3) is 0 Å². The summed E-state index contributed by atoms with van der Waals surface area (Å²) in [5.74, 6) is -0.850. The summed E-state index contributed by atoms with van der Waals surface area (Å²) in [5.41, 5.74) is 3.71. The molecule has 0 aliphatic carbocycles. The van der Waals surface area contributed by atoms with Crippen LogP contribution in [-0.4, -0.2) is 25.3 Å². The third-order valence-electron chi connectivity index (χ3n) is 2.37. The Labute approximate surface area is 93.1 Å². The fourth-order valence-electron chi connectivity index (χ4n) is 1.67. The summed E-state index contributed by atoms with van der Waals surface area (Å²) in [6.07, 6.45) is -5.10. The van der Waals surface area contributed by atoms with E-state index in [2.05, 4.69) is 4.74 Å². The highest BCUT2D eigenvalue weighted by atomic mass is 19.4. The van der Waals surface area contributed by atoms with Gasteiger partial charge in [0.05, 0.1) is 18.4 Å². The Morgan fingerprint density at radius 3 is 2.19 bits per heavy atom. The van der Waals surface area contributed by atoms with Gasteiger partial charge in [0.15, 0.2) is 0 Å². The standard InChI is InChI=1S/C10H18F3NO2/c1-3-5-9(7-14,6-10(11,12)13)8(15)16-4-2/h3-7,14H2,1-2H3. The van der Waals surface area contributed by atoms with Crippen molar-refractivity contribution in [2.75, 3.05) is 13.2 Å². The minimum atomic E-state index is -4.42. The molecule has 0 spiro atoms. The van der Waals surface area contributed by atoms with Crippen molar-refractivity contribution in [3.63, 3.8) is 0 Å². The molecule has 96 valence electrons. The number of nitrogens with two attached hydrogens (primary N) is 1. The summed E-state index contributed by atoms with van der Waals surface area (Å²) in [7, 11) is 0. The van der Waals surface area contributed by atoms with Crippen LogP contribution in [0.4, 0.5) is 13.2 Å². The third kappa shape index (κ3) is 4.38. The van der Waals surface area contributed by atoms with Gasteiger partial charge in [-0.15, -0.1) is 0 Å². The fraction of sp³-hybridized carbons (Fsp3) is 0.900. The quantitative estimate of drug-likeness (QED) is 0.725. The monoisotopic (exact) mass is 241 g/mol. The Kier molecular flexibility index (Phi) is 5.78. The van der Waals surface area contributed by atoms with Crippen LogP contribution in [0.2, 0.25) is 0 Å². The van der Waals surface area contributed by atoms with Crippen molar-refractivity contribution >= 4 is 5.97 Å². The molecule has 0 aliphatic heterocycles. The van der Waals surface area contributed by atoms with Crippen LogP contribution in [0, 0.1) is 5.41 Å². The number of esters is 1. The van der Waals surface area contributed by atoms with Gasteiger partial charge in [-0.25, -0.2) is 0 Å². The van der Waals surface area contributed by atoms with Crippen LogP contribution < -0.4 is 5.73 Å². The van der Waals surface area contributed by atoms with Crippen molar-refractivity contribution in [1.82, 2.24) is 0 Å². The van der Waals surface area contributed by atoms with Gasteiger partial charge in [0.25, 0.3) is 0 Å². The molecule has 0 fully saturated rings. The highest BCUT2D eigenvalue weighted by molar-refractivity contribution is 5.77. The van der Waals surface area contributed by atoms with E-state index in [0.717, 1.165) is 0 Å². The van der Waals surface area contributed by atoms with E-state index in [-0.39, 0.29) is 19.6 Å². The topological polar surface area (TPSA) is 52.3 Å². The lowest BCUT2D eigenvalue weighted by atomic mass is 9.80. The van der Waals surface area contributed by atoms with Gasteiger partial charge in [-0.2, -0.15) is 13.2 Å². The van der Waals surface area contributed by atoms with Crippen molar-refractivity contribution in [1.29, 1.82) is 0 Å². The van der Waals surface area contributed by atoms with E-state index < -0.39 is 24.0 Å². The molecule has 0 rings (SSSR count). The maximum Gasteiger partial charge on any atom is 0.390 e. The van der Waals surface area contributed by atoms with Crippen molar-refractivity contribution < 1.29 is 22.7 Å². The van der Waals surface area contributed by atoms with E-state index in [1.165, 1.54) is 0 Å². The SMILES string of the molecule is CCCC(CN)(CC(F)(F)F)C(=O)OCC. The van der Waals surface area contributed by atoms with Crippen LogP contribution in [0.5, 0.6) is 0 Å². The second-order valence-corrected chi connectivity index (χ2v) is 3.75. The number of rotatable bonds is 6. The summed E-state index contributed by atoms with van der Waals surface area (Å²) < 4.78 is 41.9. The number of hydrogen-bond acceptors (Lipinski definition) is 3. The molecule has 0 aromatic carbocycles. The molecule has 0 aromatic heterocycles. The van der Waals surface area contributed by atoms with Gasteiger partial charge >= 0.3 is 12.1 Å². The van der Waals surface area contributed by atoms with Gasteiger partial charge in [-0.05, 0) is 13.3 Å². The zero-order valence-electron chi connectivity index (χ0n) is 9.56. The number of carbonyl (C=O) groups is 1. The minimum Gasteiger partial charge on any atom is -0.466 e. The summed E-state index contributed by atoms with van der Waals surface area (Å²) >= 11 is 0. The van der Waals surface area contributed by atoms with E-state index in [9.17, 15) is 18.0 Å². The van der Waals surface area contributed by atoms with E-state index in [1.807, 2.05) is 0 Å². The average molecular weight is 241 g/mol. The van der Waals surface area contributed by atoms with E-state index in [1.54, 1.807) is 13.8 Å². The maximum atomic E-state index is 12.4. The lowest BCUT2D eigenvalue weighted by Gasteiger charge is -2.30. The molecule has 0 radical (unpaired) electrons. The molecule has 0 heterocycles. The zero-order valence-corrected chi connectivity index (χ0v) is 9.56. The van der Waals surface area contributed by atoms with E-state index in [4.69, 9.17) is 5.73 Å². The van der Waals surface area contributed by atoms with Crippen LogP contribution in [-0.2, 0) is 9.53 Å². The van der Waals surface area contributed by atoms with Crippen LogP contribution >= 0.6 is 0 Å². The average Bonchev–Trinajstić information content (AvgIpc) is 2.15. The van der Waals surface area contributed by atoms with Crippen molar-refractivity contribution in [2.24, 2.45) is 11.1 Å². The first kappa shape index (κ1) is 15.2. The Morgan fingerprint density at radius 1 is 1.31 bits per heavy atom. The minimum absolute atomic E-state index is 0.0577. The predicted octanol–water partition coefficient (Wildman–Crippen LogP) is 2.25. The first-order valence-corrected chi connectivity index (χ1v) is 5.25. The molecule has 0 saturated heterocycles. The van der Waals surface area contributed by atoms with Crippen molar-refractivity contribution in [3.05, 3.63) is 0 Å². The van der Waals surface area contributed by atoms with Gasteiger partial charge in [0.1, 0.15) is 0 Å². The maximum absolute atomic E-state index is 12.4. The number of halogens is 3. The molecular formula is C10H18F3NO2. The third-order valence-corrected chi connectivity index (χ3v) is 2.37. The molecule has 0 saturated carbocycles. The Morgan fingerprint density at radius 2 is 1.88 bits per heavy atom. The molecular weight excluding hydrogens is 223 g/mol. The second-order valence-electron chi connectivity index (χ2n) is 3.75. The van der Waals surface area contributed by atoms with Crippen molar-refractivity contribution in [2.45, 2.75) is 39.3 Å². The lowest BCUT2D eigenvalue weighted by Crippen LogP contribution is -2.43. The van der Waals surface area contributed by atoms with Crippen LogP contribution in [0.3, 0.4) is 0 Å². The lowest BCUT2D eigenvalue weighted by molar-refractivity contribution is -0.182. The van der Waals surface area contributed by atoms with Gasteiger partial charge in [0.2, 0.25) is 0 Å². The largest absolute Gasteiger partial charge is 0.466 e. The summed E-state index contributed by atoms with van der Waals surface area (Å²) in [4.78, 5) is 11.6. The molecule has 3 nitrogen and oxygen atoms in total. The normalized spacial score (nSPS) is 15.6. The molecule has 6 heteroatoms. The van der Waals surface area contributed by atoms with Gasteiger partial charge in [0, 0.05) is 6.54 Å². The van der Waals surface area contributed by atoms with Gasteiger partial charge in [-0.3, -0.25) is 4.79 Å². The fourth-order valence-corrected chi connectivity index (χ4v) is 1.67. The molecule has 0 bridgehead atoms. The first-order valence-electron chi connectivity index (χ1n) is 5.25.